The molecule has 3 heterocycles. The molecule has 4 aromatic rings. The molecule has 0 fully saturated rings. The first kappa shape index (κ1) is 20.7. The molecule has 5 rings (SSSR count). The van der Waals surface area contributed by atoms with Crippen LogP contribution in [-0.4, -0.2) is 39.1 Å². The van der Waals surface area contributed by atoms with Crippen LogP contribution in [0.4, 0.5) is 16.0 Å². The summed E-state index contributed by atoms with van der Waals surface area (Å²) in [7, 11) is 1.43. The van der Waals surface area contributed by atoms with Crippen LogP contribution in [0.3, 0.4) is 0 Å². The van der Waals surface area contributed by atoms with Gasteiger partial charge in [0.2, 0.25) is 5.95 Å². The van der Waals surface area contributed by atoms with Crippen molar-refractivity contribution in [2.45, 2.75) is 19.4 Å². The second kappa shape index (κ2) is 8.38. The number of nitrogens with one attached hydrogen (secondary N) is 2. The fourth-order valence-corrected chi connectivity index (χ4v) is 3.99. The number of carbonyl (C=O) groups is 1. The molecule has 0 unspecified atom stereocenters. The largest absolute Gasteiger partial charge is 0.468 e. The lowest BCUT2D eigenvalue weighted by Crippen LogP contribution is -2.19. The van der Waals surface area contributed by atoms with E-state index in [0.717, 1.165) is 36.6 Å². The normalized spacial score (nSPS) is 12.8. The number of nitrogens with zero attached hydrogens (tertiary/aromatic N) is 4. The van der Waals surface area contributed by atoms with Crippen molar-refractivity contribution in [3.05, 3.63) is 65.0 Å². The highest BCUT2D eigenvalue weighted by molar-refractivity contribution is 6.04. The molecular weight excluding hydrogens is 425 g/mol. The lowest BCUT2D eigenvalue weighted by Gasteiger charge is -2.21. The van der Waals surface area contributed by atoms with Gasteiger partial charge in [-0.15, -0.1) is 0 Å². The van der Waals surface area contributed by atoms with E-state index < -0.39 is 11.7 Å². The molecule has 0 aliphatic carbocycles. The Balaban J connectivity index is 1.67. The van der Waals surface area contributed by atoms with Crippen LogP contribution in [0.1, 0.15) is 27.9 Å². The minimum Gasteiger partial charge on any atom is -0.468 e. The molecule has 0 saturated carbocycles. The second-order valence-electron chi connectivity index (χ2n) is 7.69. The number of rotatable bonds is 6. The number of imidazole rings is 1. The molecule has 0 spiro atoms. The lowest BCUT2D eigenvalue weighted by atomic mass is 10.1. The number of fused-ring (bicyclic) bond motifs is 2. The zero-order valence-electron chi connectivity index (χ0n) is 17.9. The van der Waals surface area contributed by atoms with Gasteiger partial charge in [-0.2, -0.15) is 15.0 Å². The van der Waals surface area contributed by atoms with Crippen LogP contribution in [0.2, 0.25) is 0 Å². The maximum Gasteiger partial charge on any atom is 0.304 e. The number of halogens is 1. The summed E-state index contributed by atoms with van der Waals surface area (Å²) in [5.74, 6) is 0.182. The maximum absolute atomic E-state index is 14.4. The van der Waals surface area contributed by atoms with Crippen molar-refractivity contribution in [1.82, 2.24) is 19.5 Å². The Morgan fingerprint density at radius 1 is 1.24 bits per heavy atom. The summed E-state index contributed by atoms with van der Waals surface area (Å²) in [5, 5.41) is 6.72. The minimum atomic E-state index is -0.787. The molecule has 2 aromatic heterocycles. The number of anilines is 2. The van der Waals surface area contributed by atoms with E-state index in [2.05, 4.69) is 20.6 Å². The number of methoxy groups -OCH3 is 1. The first-order chi connectivity index (χ1) is 16.0. The van der Waals surface area contributed by atoms with E-state index in [1.807, 2.05) is 30.3 Å². The summed E-state index contributed by atoms with van der Waals surface area (Å²) < 4.78 is 21.3. The van der Waals surface area contributed by atoms with Crippen LogP contribution in [0.15, 0.2) is 42.5 Å². The number of carbonyl (C=O) groups excluding carboxylic acids is 1. The SMILES string of the molecule is COc1nc2c(C(N)=O)cc(F)cc2n1-c1nc2c(c(NCc3ccccc3)n1)CCCN2. The third-order valence-corrected chi connectivity index (χ3v) is 5.54. The monoisotopic (exact) mass is 447 g/mol. The van der Waals surface area contributed by atoms with E-state index in [4.69, 9.17) is 15.5 Å². The fourth-order valence-electron chi connectivity index (χ4n) is 3.99. The number of benzene rings is 2. The summed E-state index contributed by atoms with van der Waals surface area (Å²) >= 11 is 0. The molecule has 9 nitrogen and oxygen atoms in total. The van der Waals surface area contributed by atoms with Gasteiger partial charge in [0, 0.05) is 24.7 Å². The van der Waals surface area contributed by atoms with Gasteiger partial charge in [-0.05, 0) is 24.5 Å². The molecule has 1 aliphatic rings. The average molecular weight is 447 g/mol. The zero-order chi connectivity index (χ0) is 22.9. The van der Waals surface area contributed by atoms with Crippen molar-refractivity contribution in [2.75, 3.05) is 24.3 Å². The van der Waals surface area contributed by atoms with Crippen LogP contribution < -0.4 is 21.1 Å². The van der Waals surface area contributed by atoms with Crippen LogP contribution >= 0.6 is 0 Å². The van der Waals surface area contributed by atoms with E-state index in [1.54, 1.807) is 0 Å². The predicted octanol–water partition coefficient (Wildman–Crippen LogP) is 3.03. The Labute approximate surface area is 188 Å². The molecular formula is C23H22FN7O2. The van der Waals surface area contributed by atoms with Gasteiger partial charge in [0.05, 0.1) is 18.2 Å². The minimum absolute atomic E-state index is 0.0411. The lowest BCUT2D eigenvalue weighted by molar-refractivity contribution is 0.100. The number of ether oxygens (including phenoxy) is 1. The van der Waals surface area contributed by atoms with Gasteiger partial charge in [-0.1, -0.05) is 30.3 Å². The molecule has 33 heavy (non-hydrogen) atoms. The van der Waals surface area contributed by atoms with Gasteiger partial charge >= 0.3 is 6.01 Å². The quantitative estimate of drug-likeness (QED) is 0.416. The summed E-state index contributed by atoms with van der Waals surface area (Å²) in [6.45, 7) is 1.36. The molecule has 0 bridgehead atoms. The number of hydrogen-bond acceptors (Lipinski definition) is 7. The predicted molar refractivity (Wildman–Crippen MR) is 122 cm³/mol. The third kappa shape index (κ3) is 3.79. The number of nitrogens with two attached hydrogens (primary N) is 1. The Hall–Kier alpha value is -4.21. The Morgan fingerprint density at radius 3 is 2.82 bits per heavy atom. The van der Waals surface area contributed by atoms with Crippen LogP contribution in [0.25, 0.3) is 17.0 Å². The molecule has 0 atom stereocenters. The van der Waals surface area contributed by atoms with Crippen molar-refractivity contribution < 1.29 is 13.9 Å². The highest BCUT2D eigenvalue weighted by Gasteiger charge is 2.24. The summed E-state index contributed by atoms with van der Waals surface area (Å²) in [4.78, 5) is 25.7. The molecule has 1 amide bonds. The number of primary amides is 1. The van der Waals surface area contributed by atoms with Gasteiger partial charge in [-0.3, -0.25) is 4.79 Å². The van der Waals surface area contributed by atoms with E-state index in [1.165, 1.54) is 17.7 Å². The van der Waals surface area contributed by atoms with Crippen LogP contribution in [0, 0.1) is 5.82 Å². The molecule has 168 valence electrons. The Bertz CT molecular complexity index is 1350. The highest BCUT2D eigenvalue weighted by atomic mass is 19.1. The molecule has 0 radical (unpaired) electrons. The Kier molecular flexibility index (Phi) is 5.25. The summed E-state index contributed by atoms with van der Waals surface area (Å²) in [6, 6.07) is 12.4. The van der Waals surface area contributed by atoms with E-state index in [0.29, 0.717) is 18.2 Å². The van der Waals surface area contributed by atoms with Gasteiger partial charge in [-0.25, -0.2) is 8.96 Å². The van der Waals surface area contributed by atoms with Crippen molar-refractivity contribution in [2.24, 2.45) is 5.73 Å². The number of hydrogen-bond donors (Lipinski definition) is 3. The van der Waals surface area contributed by atoms with Gasteiger partial charge in [0.15, 0.2) is 0 Å². The van der Waals surface area contributed by atoms with E-state index in [9.17, 15) is 9.18 Å². The van der Waals surface area contributed by atoms with Crippen LogP contribution in [-0.2, 0) is 13.0 Å². The maximum atomic E-state index is 14.4. The highest BCUT2D eigenvalue weighted by Crippen LogP contribution is 2.32. The van der Waals surface area contributed by atoms with Gasteiger partial charge in [0.1, 0.15) is 23.0 Å². The molecule has 1 aliphatic heterocycles. The smallest absolute Gasteiger partial charge is 0.304 e. The summed E-state index contributed by atoms with van der Waals surface area (Å²) in [5.41, 5.74) is 8.00. The first-order valence-electron chi connectivity index (χ1n) is 10.5. The molecule has 4 N–H and O–H groups in total. The van der Waals surface area contributed by atoms with E-state index in [-0.39, 0.29) is 28.6 Å². The van der Waals surface area contributed by atoms with Crippen LogP contribution in [0.5, 0.6) is 6.01 Å². The second-order valence-corrected chi connectivity index (χ2v) is 7.69. The molecule has 10 heteroatoms. The number of aromatic nitrogens is 4. The van der Waals surface area contributed by atoms with Crippen molar-refractivity contribution in [3.8, 4) is 12.0 Å². The molecule has 0 saturated heterocycles. The van der Waals surface area contributed by atoms with Gasteiger partial charge < -0.3 is 21.1 Å². The first-order valence-corrected chi connectivity index (χ1v) is 10.5. The van der Waals surface area contributed by atoms with E-state index >= 15 is 0 Å². The fraction of sp³-hybridized carbons (Fsp3) is 0.217. The van der Waals surface area contributed by atoms with Crippen molar-refractivity contribution in [1.29, 1.82) is 0 Å². The van der Waals surface area contributed by atoms with Crippen molar-refractivity contribution in [3.63, 3.8) is 0 Å². The Morgan fingerprint density at radius 2 is 2.06 bits per heavy atom. The zero-order valence-corrected chi connectivity index (χ0v) is 17.9. The summed E-state index contributed by atoms with van der Waals surface area (Å²) in [6.07, 6.45) is 1.78. The average Bonchev–Trinajstić information content (AvgIpc) is 3.20. The molecule has 2 aromatic carbocycles. The van der Waals surface area contributed by atoms with Gasteiger partial charge in [0.25, 0.3) is 5.91 Å². The topological polar surface area (TPSA) is 120 Å². The van der Waals surface area contributed by atoms with Crippen molar-refractivity contribution >= 4 is 28.6 Å². The third-order valence-electron chi connectivity index (χ3n) is 5.54. The standard InChI is InChI=1S/C23H22FN7O2/c1-33-23-28-18-16(19(25)32)10-14(24)11-17(18)31(23)22-29-20-15(8-5-9-26-20)21(30-22)27-12-13-6-3-2-4-7-13/h2-4,6-7,10-11H,5,8-9,12H2,1H3,(H2,25,32)(H2,26,27,29,30). The number of amides is 1.